The number of halogens is 1. The van der Waals surface area contributed by atoms with Gasteiger partial charge >= 0.3 is 0 Å². The minimum absolute atomic E-state index is 0.185. The molecular weight excluding hydrogens is 256 g/mol. The van der Waals surface area contributed by atoms with Gasteiger partial charge in [-0.15, -0.1) is 11.3 Å². The Bertz CT molecular complexity index is 434. The van der Waals surface area contributed by atoms with Gasteiger partial charge in [-0.3, -0.25) is 0 Å². The molecule has 0 bridgehead atoms. The molecule has 15 heavy (non-hydrogen) atoms. The number of rotatable bonds is 4. The lowest BCUT2D eigenvalue weighted by molar-refractivity contribution is 0.498. The van der Waals surface area contributed by atoms with Gasteiger partial charge in [-0.1, -0.05) is 11.6 Å². The van der Waals surface area contributed by atoms with Crippen molar-refractivity contribution in [2.75, 3.05) is 6.54 Å². The first-order valence-corrected chi connectivity index (χ1v) is 6.92. The Morgan fingerprint density at radius 3 is 2.53 bits per heavy atom. The van der Waals surface area contributed by atoms with E-state index in [9.17, 15) is 8.42 Å². The van der Waals surface area contributed by atoms with Crippen LogP contribution in [-0.2, 0) is 10.0 Å². The lowest BCUT2D eigenvalue weighted by Gasteiger charge is -2.18. The molecule has 0 fully saturated rings. The van der Waals surface area contributed by atoms with E-state index in [0.29, 0.717) is 4.34 Å². The molecule has 1 heterocycles. The summed E-state index contributed by atoms with van der Waals surface area (Å²) in [6, 6.07) is 3.02. The van der Waals surface area contributed by atoms with Gasteiger partial charge in [0.1, 0.15) is 4.21 Å². The van der Waals surface area contributed by atoms with Crippen LogP contribution in [0.5, 0.6) is 0 Å². The number of nitrogens with one attached hydrogen (secondary N) is 1. The summed E-state index contributed by atoms with van der Waals surface area (Å²) < 4.78 is 26.4. The largest absolute Gasteiger partial charge is 0.324 e. The molecule has 86 valence electrons. The van der Waals surface area contributed by atoms with Gasteiger partial charge in [-0.05, 0) is 26.0 Å². The maximum atomic E-state index is 11.7. The second kappa shape index (κ2) is 4.39. The van der Waals surface area contributed by atoms with E-state index in [1.54, 1.807) is 19.9 Å². The molecule has 0 aliphatic carbocycles. The smallest absolute Gasteiger partial charge is 0.250 e. The van der Waals surface area contributed by atoms with E-state index in [2.05, 4.69) is 4.72 Å². The number of sulfonamides is 1. The predicted molar refractivity (Wildman–Crippen MR) is 62.8 cm³/mol. The van der Waals surface area contributed by atoms with Crippen LogP contribution in [0, 0.1) is 0 Å². The SMILES string of the molecule is CC(C)(N)CNS(=O)(=O)c1ccc(Cl)s1. The van der Waals surface area contributed by atoms with E-state index in [0.717, 1.165) is 11.3 Å². The van der Waals surface area contributed by atoms with Crippen LogP contribution in [-0.4, -0.2) is 20.5 Å². The first kappa shape index (κ1) is 12.9. The summed E-state index contributed by atoms with van der Waals surface area (Å²) in [7, 11) is -3.47. The third kappa shape index (κ3) is 4.08. The highest BCUT2D eigenvalue weighted by Gasteiger charge is 2.20. The van der Waals surface area contributed by atoms with Crippen molar-refractivity contribution in [3.63, 3.8) is 0 Å². The molecule has 0 unspecified atom stereocenters. The third-order valence-corrected chi connectivity index (χ3v) is 4.66. The van der Waals surface area contributed by atoms with Crippen molar-refractivity contribution in [1.82, 2.24) is 4.72 Å². The molecule has 0 aromatic carbocycles. The monoisotopic (exact) mass is 268 g/mol. The summed E-state index contributed by atoms with van der Waals surface area (Å²) in [4.78, 5) is 0. The van der Waals surface area contributed by atoms with E-state index in [-0.39, 0.29) is 10.8 Å². The first-order chi connectivity index (χ1) is 6.71. The van der Waals surface area contributed by atoms with Crippen LogP contribution in [0.1, 0.15) is 13.8 Å². The zero-order valence-corrected chi connectivity index (χ0v) is 10.8. The standard InChI is InChI=1S/C8H13ClN2O2S2/c1-8(2,10)5-11-15(12,13)7-4-3-6(9)14-7/h3-4,11H,5,10H2,1-2H3. The highest BCUT2D eigenvalue weighted by molar-refractivity contribution is 7.91. The van der Waals surface area contributed by atoms with Crippen molar-refractivity contribution in [2.24, 2.45) is 5.73 Å². The number of hydrogen-bond donors (Lipinski definition) is 2. The molecule has 0 radical (unpaired) electrons. The average molecular weight is 269 g/mol. The van der Waals surface area contributed by atoms with E-state index in [1.165, 1.54) is 6.07 Å². The van der Waals surface area contributed by atoms with E-state index < -0.39 is 15.6 Å². The number of nitrogens with two attached hydrogens (primary N) is 1. The van der Waals surface area contributed by atoms with E-state index >= 15 is 0 Å². The molecule has 0 atom stereocenters. The molecule has 1 aromatic heterocycles. The van der Waals surface area contributed by atoms with Gasteiger partial charge in [-0.25, -0.2) is 13.1 Å². The molecule has 7 heteroatoms. The van der Waals surface area contributed by atoms with Crippen LogP contribution in [0.2, 0.25) is 4.34 Å². The second-order valence-electron chi connectivity index (χ2n) is 3.87. The topological polar surface area (TPSA) is 72.2 Å². The Morgan fingerprint density at radius 2 is 2.13 bits per heavy atom. The van der Waals surface area contributed by atoms with Gasteiger partial charge in [-0.2, -0.15) is 0 Å². The lowest BCUT2D eigenvalue weighted by atomic mass is 10.1. The van der Waals surface area contributed by atoms with Crippen molar-refractivity contribution in [3.05, 3.63) is 16.5 Å². The van der Waals surface area contributed by atoms with Gasteiger partial charge in [0.25, 0.3) is 0 Å². The summed E-state index contributed by atoms with van der Waals surface area (Å²) in [5, 5.41) is 0. The van der Waals surface area contributed by atoms with Crippen LogP contribution in [0.4, 0.5) is 0 Å². The number of thiophene rings is 1. The molecule has 0 saturated carbocycles. The maximum Gasteiger partial charge on any atom is 0.250 e. The highest BCUT2D eigenvalue weighted by Crippen LogP contribution is 2.25. The van der Waals surface area contributed by atoms with Gasteiger partial charge in [0.05, 0.1) is 4.34 Å². The van der Waals surface area contributed by atoms with E-state index in [4.69, 9.17) is 17.3 Å². The minimum Gasteiger partial charge on any atom is -0.324 e. The molecule has 3 N–H and O–H groups in total. The maximum absolute atomic E-state index is 11.7. The lowest BCUT2D eigenvalue weighted by Crippen LogP contribution is -2.44. The quantitative estimate of drug-likeness (QED) is 0.867. The number of hydrogen-bond acceptors (Lipinski definition) is 4. The molecule has 0 aliphatic heterocycles. The predicted octanol–water partition coefficient (Wildman–Crippen LogP) is 1.42. The normalized spacial score (nSPS) is 13.1. The van der Waals surface area contributed by atoms with Crippen molar-refractivity contribution in [2.45, 2.75) is 23.6 Å². The average Bonchev–Trinajstić information content (AvgIpc) is 2.48. The van der Waals surface area contributed by atoms with Crippen molar-refractivity contribution in [1.29, 1.82) is 0 Å². The Labute approximate surface area is 98.5 Å². The molecule has 4 nitrogen and oxygen atoms in total. The highest BCUT2D eigenvalue weighted by atomic mass is 35.5. The molecular formula is C8H13ClN2O2S2. The second-order valence-corrected chi connectivity index (χ2v) is 7.58. The molecule has 0 amide bonds. The van der Waals surface area contributed by atoms with Gasteiger partial charge in [0.15, 0.2) is 0 Å². The fourth-order valence-corrected chi connectivity index (χ4v) is 3.54. The van der Waals surface area contributed by atoms with Crippen molar-refractivity contribution < 1.29 is 8.42 Å². The summed E-state index contributed by atoms with van der Waals surface area (Å²) >= 11 is 6.68. The molecule has 1 aromatic rings. The van der Waals surface area contributed by atoms with Crippen LogP contribution in [0.25, 0.3) is 0 Å². The van der Waals surface area contributed by atoms with Gasteiger partial charge in [0, 0.05) is 12.1 Å². The molecule has 0 saturated heterocycles. The molecule has 1 rings (SSSR count). The Kier molecular flexibility index (Phi) is 3.78. The first-order valence-electron chi connectivity index (χ1n) is 4.25. The molecule has 0 aliphatic rings. The summed E-state index contributed by atoms with van der Waals surface area (Å²) in [6.45, 7) is 3.68. The van der Waals surface area contributed by atoms with Crippen LogP contribution in [0.15, 0.2) is 16.3 Å². The fourth-order valence-electron chi connectivity index (χ4n) is 0.794. The summed E-state index contributed by atoms with van der Waals surface area (Å²) in [6.07, 6.45) is 0. The van der Waals surface area contributed by atoms with E-state index in [1.807, 2.05) is 0 Å². The van der Waals surface area contributed by atoms with Crippen LogP contribution >= 0.6 is 22.9 Å². The zero-order valence-electron chi connectivity index (χ0n) is 8.45. The minimum atomic E-state index is -3.47. The van der Waals surface area contributed by atoms with Crippen molar-refractivity contribution in [3.8, 4) is 0 Å². The molecule has 0 spiro atoms. The Hall–Kier alpha value is -0.140. The fraction of sp³-hybridized carbons (Fsp3) is 0.500. The Balaban J connectivity index is 2.77. The summed E-state index contributed by atoms with van der Waals surface area (Å²) in [5.74, 6) is 0. The van der Waals surface area contributed by atoms with Crippen LogP contribution < -0.4 is 10.5 Å². The van der Waals surface area contributed by atoms with Gasteiger partial charge < -0.3 is 5.73 Å². The Morgan fingerprint density at radius 1 is 1.53 bits per heavy atom. The van der Waals surface area contributed by atoms with Crippen molar-refractivity contribution >= 4 is 33.0 Å². The van der Waals surface area contributed by atoms with Gasteiger partial charge in [0.2, 0.25) is 10.0 Å². The third-order valence-electron chi connectivity index (χ3n) is 1.53. The zero-order chi connectivity index (χ0) is 11.7. The summed E-state index contributed by atoms with van der Waals surface area (Å²) in [5.41, 5.74) is 5.10. The van der Waals surface area contributed by atoms with Crippen LogP contribution in [0.3, 0.4) is 0 Å².